The molecule has 0 saturated heterocycles. The zero-order chi connectivity index (χ0) is 15.7. The van der Waals surface area contributed by atoms with Gasteiger partial charge in [0.05, 0.1) is 16.0 Å². The van der Waals surface area contributed by atoms with Crippen LogP contribution < -0.4 is 5.32 Å². The summed E-state index contributed by atoms with van der Waals surface area (Å²) in [6.07, 6.45) is 6.11. The van der Waals surface area contributed by atoms with E-state index < -0.39 is 0 Å². The minimum Gasteiger partial charge on any atom is -0.324 e. The number of imidazole rings is 1. The van der Waals surface area contributed by atoms with E-state index in [-0.39, 0.29) is 11.2 Å². The van der Waals surface area contributed by atoms with Crippen molar-refractivity contribution < 1.29 is 4.79 Å². The lowest BCUT2D eigenvalue weighted by Gasteiger charge is -2.13. The highest BCUT2D eigenvalue weighted by atomic mass is 35.5. The lowest BCUT2D eigenvalue weighted by atomic mass is 10.3. The van der Waals surface area contributed by atoms with Crippen molar-refractivity contribution in [3.05, 3.63) is 40.6 Å². The maximum absolute atomic E-state index is 12.3. The highest BCUT2D eigenvalue weighted by Crippen LogP contribution is 2.38. The van der Waals surface area contributed by atoms with E-state index in [9.17, 15) is 4.79 Å². The molecule has 22 heavy (non-hydrogen) atoms. The van der Waals surface area contributed by atoms with Crippen molar-refractivity contribution in [2.24, 2.45) is 0 Å². The van der Waals surface area contributed by atoms with Crippen LogP contribution in [0.1, 0.15) is 25.8 Å². The highest BCUT2D eigenvalue weighted by molar-refractivity contribution is 8.00. The molecule has 1 heterocycles. The van der Waals surface area contributed by atoms with Gasteiger partial charge in [0.15, 0.2) is 5.16 Å². The molecule has 1 amide bonds. The zero-order valence-electron chi connectivity index (χ0n) is 11.9. The molecule has 1 atom stereocenters. The predicted molar refractivity (Wildman–Crippen MR) is 90.9 cm³/mol. The van der Waals surface area contributed by atoms with Gasteiger partial charge in [-0.05, 0) is 38.0 Å². The predicted octanol–water partition coefficient (Wildman–Crippen LogP) is 4.64. The number of amides is 1. The minimum absolute atomic E-state index is 0.125. The molecule has 1 saturated carbocycles. The second-order valence-electron chi connectivity index (χ2n) is 5.22. The topological polar surface area (TPSA) is 46.9 Å². The van der Waals surface area contributed by atoms with Crippen LogP contribution in [0.4, 0.5) is 5.69 Å². The fraction of sp³-hybridized carbons (Fsp3) is 0.333. The van der Waals surface area contributed by atoms with E-state index >= 15 is 0 Å². The third-order valence-corrected chi connectivity index (χ3v) is 5.07. The van der Waals surface area contributed by atoms with E-state index in [1.165, 1.54) is 24.6 Å². The first kappa shape index (κ1) is 15.7. The Balaban J connectivity index is 1.66. The van der Waals surface area contributed by atoms with Gasteiger partial charge in [-0.3, -0.25) is 4.79 Å². The first-order valence-corrected chi connectivity index (χ1v) is 8.63. The summed E-state index contributed by atoms with van der Waals surface area (Å²) in [5.74, 6) is -0.125. The summed E-state index contributed by atoms with van der Waals surface area (Å²) in [6, 6.07) is 5.54. The molecular formula is C15H15Cl2N3OS. The summed E-state index contributed by atoms with van der Waals surface area (Å²) in [6.45, 7) is 1.85. The molecule has 0 spiro atoms. The number of hydrogen-bond donors (Lipinski definition) is 1. The number of carbonyl (C=O) groups excluding carboxylic acids is 1. The van der Waals surface area contributed by atoms with E-state index in [0.29, 0.717) is 21.8 Å². The number of halogens is 2. The number of thioether (sulfide) groups is 1. The van der Waals surface area contributed by atoms with Crippen LogP contribution in [0.15, 0.2) is 35.7 Å². The number of benzene rings is 1. The standard InChI is InChI=1S/C15H15Cl2N3OS/c1-9(22-15-18-6-7-20(15)11-3-4-11)14(21)19-13-8-10(16)2-5-12(13)17/h2,5-9,11H,3-4H2,1H3,(H,19,21). The van der Waals surface area contributed by atoms with Crippen LogP contribution in [-0.4, -0.2) is 20.7 Å². The van der Waals surface area contributed by atoms with Gasteiger partial charge >= 0.3 is 0 Å². The maximum atomic E-state index is 12.3. The molecule has 1 aromatic heterocycles. The zero-order valence-corrected chi connectivity index (χ0v) is 14.3. The summed E-state index contributed by atoms with van der Waals surface area (Å²) < 4.78 is 2.14. The molecular weight excluding hydrogens is 341 g/mol. The maximum Gasteiger partial charge on any atom is 0.237 e. The number of rotatable bonds is 5. The van der Waals surface area contributed by atoms with Crippen molar-refractivity contribution in [1.82, 2.24) is 9.55 Å². The Kier molecular flexibility index (Phi) is 4.66. The lowest BCUT2D eigenvalue weighted by Crippen LogP contribution is -2.23. The third-order valence-electron chi connectivity index (χ3n) is 3.41. The van der Waals surface area contributed by atoms with Gasteiger partial charge in [0.2, 0.25) is 5.91 Å². The molecule has 1 N–H and O–H groups in total. The molecule has 0 bridgehead atoms. The molecule has 4 nitrogen and oxygen atoms in total. The Morgan fingerprint density at radius 2 is 2.23 bits per heavy atom. The van der Waals surface area contributed by atoms with Crippen molar-refractivity contribution in [3.8, 4) is 0 Å². The van der Waals surface area contributed by atoms with Gasteiger partial charge in [-0.1, -0.05) is 35.0 Å². The summed E-state index contributed by atoms with van der Waals surface area (Å²) >= 11 is 13.4. The summed E-state index contributed by atoms with van der Waals surface area (Å²) in [7, 11) is 0. The largest absolute Gasteiger partial charge is 0.324 e. The van der Waals surface area contributed by atoms with Crippen molar-refractivity contribution >= 4 is 46.6 Å². The first-order chi connectivity index (χ1) is 10.5. The highest BCUT2D eigenvalue weighted by Gasteiger charge is 2.27. The number of nitrogens with one attached hydrogen (secondary N) is 1. The van der Waals surface area contributed by atoms with Gasteiger partial charge in [0.25, 0.3) is 0 Å². The molecule has 1 aromatic carbocycles. The second-order valence-corrected chi connectivity index (χ2v) is 7.37. The monoisotopic (exact) mass is 355 g/mol. The van der Waals surface area contributed by atoms with Crippen molar-refractivity contribution in [2.75, 3.05) is 5.32 Å². The average Bonchev–Trinajstić information content (AvgIpc) is 3.23. The van der Waals surface area contributed by atoms with Crippen LogP contribution in [0.2, 0.25) is 10.0 Å². The van der Waals surface area contributed by atoms with Gasteiger partial charge in [0.1, 0.15) is 0 Å². The summed E-state index contributed by atoms with van der Waals surface area (Å²) in [4.78, 5) is 16.7. The normalized spacial score (nSPS) is 15.6. The van der Waals surface area contributed by atoms with Crippen LogP contribution in [0.5, 0.6) is 0 Å². The molecule has 1 aliphatic rings. The summed E-state index contributed by atoms with van der Waals surface area (Å²) in [5, 5.41) is 4.41. The molecule has 0 aliphatic heterocycles. The number of anilines is 1. The fourth-order valence-corrected chi connectivity index (χ4v) is 3.33. The summed E-state index contributed by atoms with van der Waals surface area (Å²) in [5.41, 5.74) is 0.525. The van der Waals surface area contributed by atoms with Crippen LogP contribution in [0, 0.1) is 0 Å². The molecule has 1 unspecified atom stereocenters. The Morgan fingerprint density at radius 1 is 1.45 bits per heavy atom. The molecule has 1 aliphatic carbocycles. The third kappa shape index (κ3) is 3.59. The molecule has 116 valence electrons. The van der Waals surface area contributed by atoms with Gasteiger partial charge in [-0.15, -0.1) is 0 Å². The van der Waals surface area contributed by atoms with Gasteiger partial charge in [0, 0.05) is 23.5 Å². The van der Waals surface area contributed by atoms with Crippen LogP contribution in [-0.2, 0) is 4.79 Å². The van der Waals surface area contributed by atoms with Crippen molar-refractivity contribution in [2.45, 2.75) is 36.2 Å². The van der Waals surface area contributed by atoms with Crippen molar-refractivity contribution in [1.29, 1.82) is 0 Å². The van der Waals surface area contributed by atoms with E-state index in [4.69, 9.17) is 23.2 Å². The van der Waals surface area contributed by atoms with Gasteiger partial charge in [-0.2, -0.15) is 0 Å². The SMILES string of the molecule is CC(Sc1nccn1C1CC1)C(=O)Nc1cc(Cl)ccc1Cl. The Bertz CT molecular complexity index is 700. The van der Waals surface area contributed by atoms with E-state index in [2.05, 4.69) is 14.9 Å². The average molecular weight is 356 g/mol. The van der Waals surface area contributed by atoms with Gasteiger partial charge in [-0.25, -0.2) is 4.98 Å². The van der Waals surface area contributed by atoms with Gasteiger partial charge < -0.3 is 9.88 Å². The first-order valence-electron chi connectivity index (χ1n) is 7.00. The number of nitrogens with zero attached hydrogens (tertiary/aromatic N) is 2. The second kappa shape index (κ2) is 6.52. The quantitative estimate of drug-likeness (QED) is 0.794. The van der Waals surface area contributed by atoms with E-state index in [1.54, 1.807) is 24.4 Å². The molecule has 3 rings (SSSR count). The lowest BCUT2D eigenvalue weighted by molar-refractivity contribution is -0.115. The Morgan fingerprint density at radius 3 is 2.95 bits per heavy atom. The molecule has 7 heteroatoms. The van der Waals surface area contributed by atoms with Crippen LogP contribution in [0.25, 0.3) is 0 Å². The number of carbonyl (C=O) groups is 1. The van der Waals surface area contributed by atoms with Crippen LogP contribution >= 0.6 is 35.0 Å². The minimum atomic E-state index is -0.282. The number of aromatic nitrogens is 2. The van der Waals surface area contributed by atoms with E-state index in [0.717, 1.165) is 5.16 Å². The Hall–Kier alpha value is -1.17. The van der Waals surface area contributed by atoms with E-state index in [1.807, 2.05) is 13.1 Å². The van der Waals surface area contributed by atoms with Crippen LogP contribution in [0.3, 0.4) is 0 Å². The molecule has 1 fully saturated rings. The molecule has 2 aromatic rings. The smallest absolute Gasteiger partial charge is 0.237 e. The van der Waals surface area contributed by atoms with Crippen molar-refractivity contribution in [3.63, 3.8) is 0 Å². The number of hydrogen-bond acceptors (Lipinski definition) is 3. The molecule has 0 radical (unpaired) electrons. The fourth-order valence-electron chi connectivity index (χ4n) is 2.06. The Labute approximate surface area is 143 Å².